The molecule has 0 heterocycles. The van der Waals surface area contributed by atoms with Crippen LogP contribution in [-0.2, 0) is 6.42 Å². The summed E-state index contributed by atoms with van der Waals surface area (Å²) in [6.07, 6.45) is 1.91. The van der Waals surface area contributed by atoms with Gasteiger partial charge < -0.3 is 0 Å². The van der Waals surface area contributed by atoms with Crippen LogP contribution in [0.1, 0.15) is 17.5 Å². The van der Waals surface area contributed by atoms with E-state index in [0.717, 1.165) is 28.2 Å². The maximum atomic E-state index is 4.57. The van der Waals surface area contributed by atoms with Crippen molar-refractivity contribution in [3.8, 4) is 0 Å². The largest absolute Gasteiger partial charge is 0.147 e. The van der Waals surface area contributed by atoms with Crippen LogP contribution >= 0.6 is 25.3 Å². The summed E-state index contributed by atoms with van der Waals surface area (Å²) in [5, 5.41) is 0. The molecule has 0 amide bonds. The third kappa shape index (κ3) is 3.69. The molecule has 92 valence electrons. The van der Waals surface area contributed by atoms with Crippen LogP contribution in [0.2, 0.25) is 0 Å². The van der Waals surface area contributed by atoms with Crippen LogP contribution in [0, 0.1) is 0 Å². The number of hydrogen-bond donors (Lipinski definition) is 2. The van der Waals surface area contributed by atoms with E-state index in [1.165, 1.54) is 5.56 Å². The van der Waals surface area contributed by atoms with Gasteiger partial charge in [-0.3, -0.25) is 0 Å². The summed E-state index contributed by atoms with van der Waals surface area (Å²) in [6.45, 7) is 0. The number of aryl methyl sites for hydroxylation is 1. The summed E-state index contributed by atoms with van der Waals surface area (Å²) in [7, 11) is 0. The van der Waals surface area contributed by atoms with Crippen LogP contribution < -0.4 is 0 Å². The van der Waals surface area contributed by atoms with Gasteiger partial charge in [-0.25, -0.2) is 0 Å². The Morgan fingerprint density at radius 2 is 1.33 bits per heavy atom. The first kappa shape index (κ1) is 13.3. The molecule has 18 heavy (non-hydrogen) atoms. The van der Waals surface area contributed by atoms with Crippen molar-refractivity contribution in [2.24, 2.45) is 0 Å². The van der Waals surface area contributed by atoms with Crippen molar-refractivity contribution in [2.75, 3.05) is 0 Å². The minimum Gasteiger partial charge on any atom is -0.147 e. The first-order valence-corrected chi connectivity index (χ1v) is 6.87. The summed E-state index contributed by atoms with van der Waals surface area (Å²) in [5.74, 6) is 0. The molecule has 0 aliphatic heterocycles. The SMILES string of the molecule is SC(CCc1ccccc1)=C(S)c1ccccc1. The quantitative estimate of drug-likeness (QED) is 0.731. The van der Waals surface area contributed by atoms with Gasteiger partial charge in [-0.15, -0.1) is 25.3 Å². The molecule has 0 aliphatic rings. The van der Waals surface area contributed by atoms with Crippen LogP contribution in [-0.4, -0.2) is 0 Å². The first-order valence-electron chi connectivity index (χ1n) is 5.98. The van der Waals surface area contributed by atoms with Gasteiger partial charge in [0.2, 0.25) is 0 Å². The molecule has 2 aromatic carbocycles. The number of rotatable bonds is 4. The number of thiol groups is 2. The average molecular weight is 272 g/mol. The van der Waals surface area contributed by atoms with Crippen molar-refractivity contribution in [1.29, 1.82) is 0 Å². The van der Waals surface area contributed by atoms with Gasteiger partial charge in [-0.05, 0) is 28.9 Å². The molecular weight excluding hydrogens is 256 g/mol. The zero-order valence-electron chi connectivity index (χ0n) is 10.1. The van der Waals surface area contributed by atoms with E-state index in [4.69, 9.17) is 0 Å². The van der Waals surface area contributed by atoms with Crippen LogP contribution in [0.15, 0.2) is 65.6 Å². The van der Waals surface area contributed by atoms with Gasteiger partial charge in [0.05, 0.1) is 0 Å². The van der Waals surface area contributed by atoms with Gasteiger partial charge in [0.25, 0.3) is 0 Å². The summed E-state index contributed by atoms with van der Waals surface area (Å²) in [4.78, 5) is 2.00. The lowest BCUT2D eigenvalue weighted by atomic mass is 10.1. The van der Waals surface area contributed by atoms with E-state index < -0.39 is 0 Å². The zero-order valence-corrected chi connectivity index (χ0v) is 11.9. The van der Waals surface area contributed by atoms with Crippen molar-refractivity contribution in [3.63, 3.8) is 0 Å². The Morgan fingerprint density at radius 3 is 1.94 bits per heavy atom. The molecule has 0 aromatic heterocycles. The molecule has 0 aliphatic carbocycles. The summed E-state index contributed by atoms with van der Waals surface area (Å²) < 4.78 is 0. The minimum absolute atomic E-state index is 0.918. The van der Waals surface area contributed by atoms with Gasteiger partial charge in [0, 0.05) is 4.91 Å². The van der Waals surface area contributed by atoms with Crippen LogP contribution in [0.25, 0.3) is 4.91 Å². The lowest BCUT2D eigenvalue weighted by molar-refractivity contribution is 0.994. The summed E-state index contributed by atoms with van der Waals surface area (Å²) in [6, 6.07) is 20.6. The smallest absolute Gasteiger partial charge is 0.0206 e. The number of hydrogen-bond acceptors (Lipinski definition) is 2. The maximum absolute atomic E-state index is 4.57. The van der Waals surface area contributed by atoms with Gasteiger partial charge in [-0.1, -0.05) is 60.7 Å². The Labute approximate surface area is 120 Å². The Morgan fingerprint density at radius 1 is 0.778 bits per heavy atom. The predicted molar refractivity (Wildman–Crippen MR) is 86.1 cm³/mol. The van der Waals surface area contributed by atoms with E-state index >= 15 is 0 Å². The molecule has 0 bridgehead atoms. The van der Waals surface area contributed by atoms with E-state index in [1.54, 1.807) is 0 Å². The fourth-order valence-corrected chi connectivity index (χ4v) is 2.29. The van der Waals surface area contributed by atoms with E-state index in [-0.39, 0.29) is 0 Å². The minimum atomic E-state index is 0.918. The molecule has 0 saturated heterocycles. The molecule has 0 radical (unpaired) electrons. The van der Waals surface area contributed by atoms with Crippen molar-refractivity contribution >= 4 is 30.2 Å². The Kier molecular flexibility index (Phi) is 4.97. The van der Waals surface area contributed by atoms with Crippen LogP contribution in [0.4, 0.5) is 0 Å². The zero-order chi connectivity index (χ0) is 12.8. The lowest BCUT2D eigenvalue weighted by Crippen LogP contribution is -1.87. The highest BCUT2D eigenvalue weighted by Crippen LogP contribution is 2.27. The molecule has 0 unspecified atom stereocenters. The van der Waals surface area contributed by atoms with Crippen molar-refractivity contribution in [3.05, 3.63) is 76.7 Å². The lowest BCUT2D eigenvalue weighted by Gasteiger charge is -2.06. The normalized spacial score (nSPS) is 12.1. The van der Waals surface area contributed by atoms with Crippen molar-refractivity contribution in [2.45, 2.75) is 12.8 Å². The van der Waals surface area contributed by atoms with E-state index in [0.29, 0.717) is 0 Å². The highest BCUT2D eigenvalue weighted by molar-refractivity contribution is 7.93. The molecule has 2 rings (SSSR count). The fourth-order valence-electron chi connectivity index (χ4n) is 1.79. The average Bonchev–Trinajstić information content (AvgIpc) is 2.46. The monoisotopic (exact) mass is 272 g/mol. The molecule has 2 heteroatoms. The topological polar surface area (TPSA) is 0 Å². The van der Waals surface area contributed by atoms with E-state index in [9.17, 15) is 0 Å². The van der Waals surface area contributed by atoms with Gasteiger partial charge in [-0.2, -0.15) is 0 Å². The van der Waals surface area contributed by atoms with Gasteiger partial charge >= 0.3 is 0 Å². The third-order valence-electron chi connectivity index (χ3n) is 2.81. The van der Waals surface area contributed by atoms with Crippen LogP contribution in [0.3, 0.4) is 0 Å². The van der Waals surface area contributed by atoms with Gasteiger partial charge in [0.15, 0.2) is 0 Å². The Bertz CT molecular complexity index is 515. The Hall–Kier alpha value is -1.12. The highest BCUT2D eigenvalue weighted by atomic mass is 32.1. The van der Waals surface area contributed by atoms with E-state index in [2.05, 4.69) is 61.7 Å². The third-order valence-corrected chi connectivity index (χ3v) is 3.97. The molecular formula is C16H16S2. The van der Waals surface area contributed by atoms with Crippen LogP contribution in [0.5, 0.6) is 0 Å². The molecule has 2 aromatic rings. The predicted octanol–water partition coefficient (Wildman–Crippen LogP) is 4.85. The number of benzene rings is 2. The van der Waals surface area contributed by atoms with Crippen molar-refractivity contribution < 1.29 is 0 Å². The standard InChI is InChI=1S/C16H16S2/c17-15(12-11-13-7-3-1-4-8-13)16(18)14-9-5-2-6-10-14/h1-10,17-18H,11-12H2. The van der Waals surface area contributed by atoms with Crippen molar-refractivity contribution in [1.82, 2.24) is 0 Å². The molecule has 0 spiro atoms. The fraction of sp³-hybridized carbons (Fsp3) is 0.125. The molecule has 0 N–H and O–H groups in total. The van der Waals surface area contributed by atoms with E-state index in [1.807, 2.05) is 24.3 Å². The second-order valence-electron chi connectivity index (χ2n) is 4.15. The Balaban J connectivity index is 2.05. The first-order chi connectivity index (χ1) is 8.77. The maximum Gasteiger partial charge on any atom is 0.0206 e. The highest BCUT2D eigenvalue weighted by Gasteiger charge is 2.02. The molecule has 0 nitrogen and oxygen atoms in total. The van der Waals surface area contributed by atoms with Gasteiger partial charge in [0.1, 0.15) is 0 Å². The summed E-state index contributed by atoms with van der Waals surface area (Å²) >= 11 is 9.13. The second-order valence-corrected chi connectivity index (χ2v) is 5.13. The molecule has 0 fully saturated rings. The number of allylic oxidation sites excluding steroid dienone is 1. The second kappa shape index (κ2) is 6.72. The molecule has 0 saturated carbocycles. The molecule has 0 atom stereocenters. The summed E-state index contributed by atoms with van der Waals surface area (Å²) in [5.41, 5.74) is 2.46.